The number of ether oxygens (including phenoxy) is 1. The second-order valence-electron chi connectivity index (χ2n) is 5.39. The van der Waals surface area contributed by atoms with E-state index >= 15 is 0 Å². The summed E-state index contributed by atoms with van der Waals surface area (Å²) in [7, 11) is 1.75. The lowest BCUT2D eigenvalue weighted by Gasteiger charge is -2.07. The molecule has 0 fully saturated rings. The minimum absolute atomic E-state index is 0.0873. The minimum atomic E-state index is -0.691. The molecular formula is C18H21N3O4. The summed E-state index contributed by atoms with van der Waals surface area (Å²) in [6.07, 6.45) is 1.16. The maximum Gasteiger partial charge on any atom is 0.343 e. The number of benzene rings is 1. The Bertz CT molecular complexity index is 885. The average Bonchev–Trinajstić information content (AvgIpc) is 2.79. The number of carbonyl (C=O) groups is 1. The van der Waals surface area contributed by atoms with Gasteiger partial charge in [-0.3, -0.25) is 9.48 Å². The van der Waals surface area contributed by atoms with Crippen molar-refractivity contribution in [3.63, 3.8) is 0 Å². The van der Waals surface area contributed by atoms with Crippen LogP contribution in [-0.4, -0.2) is 33.3 Å². The first-order chi connectivity index (χ1) is 11.9. The van der Waals surface area contributed by atoms with Crippen LogP contribution in [0.1, 0.15) is 19.5 Å². The number of esters is 1. The molecule has 7 nitrogen and oxygen atoms in total. The monoisotopic (exact) mass is 343 g/mol. The number of para-hydroxylation sites is 1. The van der Waals surface area contributed by atoms with Gasteiger partial charge < -0.3 is 9.84 Å². The largest absolute Gasteiger partial charge is 0.512 e. The van der Waals surface area contributed by atoms with Crippen LogP contribution >= 0.6 is 0 Å². The normalized spacial score (nSPS) is 12.3. The molecule has 0 unspecified atom stereocenters. The van der Waals surface area contributed by atoms with E-state index in [1.807, 2.05) is 30.3 Å². The predicted octanol–water partition coefficient (Wildman–Crippen LogP) is 2.58. The summed E-state index contributed by atoms with van der Waals surface area (Å²) in [6.45, 7) is 4.96. The molecule has 0 bridgehead atoms. The van der Waals surface area contributed by atoms with Crippen LogP contribution in [-0.2, 0) is 16.6 Å². The van der Waals surface area contributed by atoms with E-state index in [0.717, 1.165) is 6.21 Å². The zero-order valence-corrected chi connectivity index (χ0v) is 14.7. The van der Waals surface area contributed by atoms with Crippen LogP contribution < -0.4 is 5.56 Å². The highest BCUT2D eigenvalue weighted by Gasteiger charge is 2.17. The molecule has 0 aliphatic rings. The molecule has 0 atom stereocenters. The molecule has 1 aromatic heterocycles. The zero-order chi connectivity index (χ0) is 18.6. The number of nitrogens with zero attached hydrogens (tertiary/aromatic N) is 3. The van der Waals surface area contributed by atoms with Crippen LogP contribution in [0, 0.1) is 6.92 Å². The summed E-state index contributed by atoms with van der Waals surface area (Å²) in [6, 6.07) is 9.17. The molecule has 2 rings (SSSR count). The Hall–Kier alpha value is -3.09. The smallest absolute Gasteiger partial charge is 0.343 e. The van der Waals surface area contributed by atoms with Gasteiger partial charge in [0.1, 0.15) is 11.3 Å². The first-order valence-electron chi connectivity index (χ1n) is 7.83. The van der Waals surface area contributed by atoms with Crippen molar-refractivity contribution in [3.05, 3.63) is 57.7 Å². The van der Waals surface area contributed by atoms with Gasteiger partial charge >= 0.3 is 5.97 Å². The molecule has 0 saturated carbocycles. The van der Waals surface area contributed by atoms with E-state index in [2.05, 4.69) is 4.99 Å². The molecule has 0 amide bonds. The van der Waals surface area contributed by atoms with Crippen molar-refractivity contribution in [2.75, 3.05) is 6.61 Å². The van der Waals surface area contributed by atoms with Crippen molar-refractivity contribution in [2.45, 2.75) is 20.8 Å². The molecule has 0 radical (unpaired) electrons. The second kappa shape index (κ2) is 7.65. The molecule has 25 heavy (non-hydrogen) atoms. The molecular weight excluding hydrogens is 322 g/mol. The molecule has 0 aliphatic heterocycles. The first-order valence-corrected chi connectivity index (χ1v) is 7.83. The quantitative estimate of drug-likeness (QED) is 0.391. The number of aliphatic hydroxyl groups excluding tert-OH is 1. The van der Waals surface area contributed by atoms with E-state index < -0.39 is 5.97 Å². The number of aliphatic imine (C=N–C) groups is 1. The molecule has 0 saturated heterocycles. The van der Waals surface area contributed by atoms with Gasteiger partial charge in [0.15, 0.2) is 5.69 Å². The lowest BCUT2D eigenvalue weighted by Crippen LogP contribution is -2.19. The van der Waals surface area contributed by atoms with Crippen molar-refractivity contribution in [3.8, 4) is 5.69 Å². The lowest BCUT2D eigenvalue weighted by atomic mass is 10.2. The fourth-order valence-corrected chi connectivity index (χ4v) is 2.33. The Labute approximate surface area is 145 Å². The van der Waals surface area contributed by atoms with Crippen LogP contribution in [0.5, 0.6) is 0 Å². The number of allylic oxidation sites excluding steroid dienone is 1. The summed E-state index contributed by atoms with van der Waals surface area (Å²) in [5.74, 6) is -0.914. The van der Waals surface area contributed by atoms with Crippen molar-refractivity contribution >= 4 is 17.9 Å². The van der Waals surface area contributed by atoms with Gasteiger partial charge in [-0.25, -0.2) is 14.5 Å². The van der Waals surface area contributed by atoms with Crippen molar-refractivity contribution < 1.29 is 14.6 Å². The van der Waals surface area contributed by atoms with E-state index in [9.17, 15) is 14.7 Å². The first kappa shape index (κ1) is 18.3. The number of carbonyl (C=O) groups excluding carboxylic acids is 1. The van der Waals surface area contributed by atoms with Gasteiger partial charge in [-0.2, -0.15) is 0 Å². The van der Waals surface area contributed by atoms with E-state index in [0.29, 0.717) is 11.4 Å². The summed E-state index contributed by atoms with van der Waals surface area (Å²) < 4.78 is 8.05. The van der Waals surface area contributed by atoms with Crippen LogP contribution in [0.25, 0.3) is 5.69 Å². The molecule has 132 valence electrons. The maximum absolute atomic E-state index is 12.7. The lowest BCUT2D eigenvalue weighted by molar-refractivity contribution is -0.138. The number of rotatable bonds is 5. The van der Waals surface area contributed by atoms with Gasteiger partial charge in [0.25, 0.3) is 5.56 Å². The fourth-order valence-electron chi connectivity index (χ4n) is 2.33. The number of hydrogen-bond acceptors (Lipinski definition) is 5. The molecule has 1 aromatic carbocycles. The van der Waals surface area contributed by atoms with E-state index in [1.165, 1.54) is 11.6 Å². The Morgan fingerprint density at radius 1 is 1.32 bits per heavy atom. The number of aromatic nitrogens is 2. The minimum Gasteiger partial charge on any atom is -0.512 e. The summed E-state index contributed by atoms with van der Waals surface area (Å²) >= 11 is 0. The van der Waals surface area contributed by atoms with E-state index in [-0.39, 0.29) is 29.2 Å². The zero-order valence-electron chi connectivity index (χ0n) is 14.7. The van der Waals surface area contributed by atoms with Gasteiger partial charge in [-0.05, 0) is 32.9 Å². The van der Waals surface area contributed by atoms with Crippen LogP contribution in [0.2, 0.25) is 0 Å². The molecule has 0 aliphatic carbocycles. The van der Waals surface area contributed by atoms with Gasteiger partial charge in [-0.1, -0.05) is 18.2 Å². The SMILES string of the molecule is CCOC(=O)/C(C=Nc1c(C)n(C)n(-c2ccccc2)c1=O)=C(\C)O. The third kappa shape index (κ3) is 3.71. The highest BCUT2D eigenvalue weighted by atomic mass is 16.5. The molecule has 2 aromatic rings. The molecule has 1 heterocycles. The summed E-state index contributed by atoms with van der Waals surface area (Å²) in [5, 5.41) is 9.66. The average molecular weight is 343 g/mol. The third-order valence-electron chi connectivity index (χ3n) is 3.73. The second-order valence-corrected chi connectivity index (χ2v) is 5.39. The number of aliphatic hydroxyl groups is 1. The summed E-state index contributed by atoms with van der Waals surface area (Å²) in [5.41, 5.74) is 1.12. The standard InChI is InChI=1S/C18H21N3O4/c1-5-25-18(24)15(13(3)22)11-19-16-12(2)20(4)21(17(16)23)14-9-7-6-8-10-14/h6-11,22H,5H2,1-4H3/b15-13+,19-11?. The van der Waals surface area contributed by atoms with E-state index in [1.54, 1.807) is 25.6 Å². The Morgan fingerprint density at radius 2 is 1.96 bits per heavy atom. The van der Waals surface area contributed by atoms with Crippen molar-refractivity contribution in [1.29, 1.82) is 0 Å². The number of hydrogen-bond donors (Lipinski definition) is 1. The van der Waals surface area contributed by atoms with Gasteiger partial charge in [0.2, 0.25) is 0 Å². The van der Waals surface area contributed by atoms with Gasteiger partial charge in [-0.15, -0.1) is 0 Å². The van der Waals surface area contributed by atoms with Gasteiger partial charge in [0.05, 0.1) is 18.0 Å². The topological polar surface area (TPSA) is 85.8 Å². The van der Waals surface area contributed by atoms with Crippen molar-refractivity contribution in [2.24, 2.45) is 12.0 Å². The summed E-state index contributed by atoms with van der Waals surface area (Å²) in [4.78, 5) is 28.7. The van der Waals surface area contributed by atoms with Crippen LogP contribution in [0.3, 0.4) is 0 Å². The highest BCUT2D eigenvalue weighted by molar-refractivity contribution is 6.10. The molecule has 7 heteroatoms. The highest BCUT2D eigenvalue weighted by Crippen LogP contribution is 2.17. The molecule has 1 N–H and O–H groups in total. The fraction of sp³-hybridized carbons (Fsp3) is 0.278. The predicted molar refractivity (Wildman–Crippen MR) is 95.9 cm³/mol. The Morgan fingerprint density at radius 3 is 2.52 bits per heavy atom. The Kier molecular flexibility index (Phi) is 5.59. The van der Waals surface area contributed by atoms with Gasteiger partial charge in [0, 0.05) is 13.3 Å². The maximum atomic E-state index is 12.7. The Balaban J connectivity index is 2.50. The van der Waals surface area contributed by atoms with Crippen LogP contribution in [0.15, 0.2) is 51.5 Å². The van der Waals surface area contributed by atoms with Crippen molar-refractivity contribution in [1.82, 2.24) is 9.36 Å². The molecule has 0 spiro atoms. The van der Waals surface area contributed by atoms with E-state index in [4.69, 9.17) is 4.74 Å². The third-order valence-corrected chi connectivity index (χ3v) is 3.73. The van der Waals surface area contributed by atoms with Crippen LogP contribution in [0.4, 0.5) is 5.69 Å².